The molecule has 1 amide bonds. The third-order valence-electron chi connectivity index (χ3n) is 6.54. The lowest BCUT2D eigenvalue weighted by molar-refractivity contribution is -0.125. The molecule has 0 saturated carbocycles. The number of aryl methyl sites for hydroxylation is 1. The Balaban J connectivity index is 1.22. The minimum absolute atomic E-state index is 0.0248. The van der Waals surface area contributed by atoms with E-state index in [0.717, 1.165) is 54.2 Å². The second-order valence-corrected chi connectivity index (χ2v) is 8.99. The quantitative estimate of drug-likeness (QED) is 0.409. The number of carbonyl (C=O) groups excluding carboxylic acids is 1. The molecule has 0 radical (unpaired) electrons. The lowest BCUT2D eigenvalue weighted by atomic mass is 9.95. The number of methoxy groups -OCH3 is 1. The normalized spacial score (nSPS) is 14.0. The van der Waals surface area contributed by atoms with Crippen molar-refractivity contribution >= 4 is 11.7 Å². The monoisotopic (exact) mass is 483 g/mol. The van der Waals surface area contributed by atoms with Crippen LogP contribution in [0.1, 0.15) is 24.0 Å². The van der Waals surface area contributed by atoms with Gasteiger partial charge in [0.2, 0.25) is 11.7 Å². The number of nitrogens with one attached hydrogen (secondary N) is 1. The van der Waals surface area contributed by atoms with Gasteiger partial charge in [0.15, 0.2) is 0 Å². The maximum absolute atomic E-state index is 12.8. The summed E-state index contributed by atoms with van der Waals surface area (Å²) < 4.78 is 10.8. The molecule has 1 fully saturated rings. The highest BCUT2D eigenvalue weighted by molar-refractivity contribution is 5.79. The minimum atomic E-state index is -0.0248. The number of nitrogens with zero attached hydrogens (tertiary/aromatic N) is 4. The van der Waals surface area contributed by atoms with Crippen molar-refractivity contribution in [1.82, 2.24) is 20.4 Å². The zero-order chi connectivity index (χ0) is 24.9. The van der Waals surface area contributed by atoms with Crippen LogP contribution in [0.2, 0.25) is 0 Å². The topological polar surface area (TPSA) is 93.4 Å². The molecule has 0 aliphatic carbocycles. The summed E-state index contributed by atoms with van der Waals surface area (Å²) in [6, 6.07) is 19.6. The third kappa shape index (κ3) is 5.22. The van der Waals surface area contributed by atoms with Crippen molar-refractivity contribution in [3.8, 4) is 28.6 Å². The van der Waals surface area contributed by atoms with Gasteiger partial charge in [0.1, 0.15) is 11.6 Å². The summed E-state index contributed by atoms with van der Waals surface area (Å²) in [4.78, 5) is 24.2. The van der Waals surface area contributed by atoms with Gasteiger partial charge in [-0.1, -0.05) is 47.1 Å². The first kappa shape index (κ1) is 23.5. The average Bonchev–Trinajstić information content (AvgIpc) is 3.43. The van der Waals surface area contributed by atoms with Crippen molar-refractivity contribution < 1.29 is 14.1 Å². The second kappa shape index (κ2) is 10.6. The second-order valence-electron chi connectivity index (χ2n) is 8.99. The van der Waals surface area contributed by atoms with Crippen LogP contribution in [-0.4, -0.2) is 41.2 Å². The summed E-state index contributed by atoms with van der Waals surface area (Å²) in [5, 5.41) is 7.25. The van der Waals surface area contributed by atoms with Crippen LogP contribution in [0.25, 0.3) is 22.8 Å². The molecule has 36 heavy (non-hydrogen) atoms. The maximum Gasteiger partial charge on any atom is 0.261 e. The molecule has 2 aromatic heterocycles. The van der Waals surface area contributed by atoms with Crippen LogP contribution in [0.3, 0.4) is 0 Å². The van der Waals surface area contributed by atoms with Crippen LogP contribution in [0.5, 0.6) is 5.75 Å². The number of ether oxygens (including phenoxy) is 1. The predicted molar refractivity (Wildman–Crippen MR) is 137 cm³/mol. The lowest BCUT2D eigenvalue weighted by Gasteiger charge is -2.32. The summed E-state index contributed by atoms with van der Waals surface area (Å²) in [6.45, 7) is 4.00. The van der Waals surface area contributed by atoms with Gasteiger partial charge in [-0.15, -0.1) is 0 Å². The SMILES string of the molecule is COc1ccc(CNC(=O)C2CCN(c3ncccc3-c3nc(-c4ccc(C)cc4)no3)CC2)cc1. The van der Waals surface area contributed by atoms with E-state index in [9.17, 15) is 4.79 Å². The van der Waals surface area contributed by atoms with Crippen LogP contribution in [0, 0.1) is 12.8 Å². The number of amides is 1. The molecule has 0 unspecified atom stereocenters. The Morgan fingerprint density at radius 2 is 1.83 bits per heavy atom. The smallest absolute Gasteiger partial charge is 0.261 e. The Morgan fingerprint density at radius 3 is 2.56 bits per heavy atom. The molecule has 5 rings (SSSR count). The third-order valence-corrected chi connectivity index (χ3v) is 6.54. The molecule has 1 saturated heterocycles. The highest BCUT2D eigenvalue weighted by atomic mass is 16.5. The van der Waals surface area contributed by atoms with E-state index in [1.165, 1.54) is 5.56 Å². The van der Waals surface area contributed by atoms with E-state index in [-0.39, 0.29) is 11.8 Å². The molecule has 8 nitrogen and oxygen atoms in total. The van der Waals surface area contributed by atoms with E-state index in [4.69, 9.17) is 9.26 Å². The van der Waals surface area contributed by atoms with Gasteiger partial charge in [-0.2, -0.15) is 4.98 Å². The van der Waals surface area contributed by atoms with Gasteiger partial charge >= 0.3 is 0 Å². The Bertz CT molecular complexity index is 1310. The van der Waals surface area contributed by atoms with Crippen LogP contribution in [0.4, 0.5) is 5.82 Å². The van der Waals surface area contributed by atoms with Crippen LogP contribution < -0.4 is 15.0 Å². The van der Waals surface area contributed by atoms with Gasteiger partial charge in [0.25, 0.3) is 5.89 Å². The molecule has 0 atom stereocenters. The molecule has 4 aromatic rings. The minimum Gasteiger partial charge on any atom is -0.497 e. The van der Waals surface area contributed by atoms with Crippen molar-refractivity contribution in [3.63, 3.8) is 0 Å². The fourth-order valence-electron chi connectivity index (χ4n) is 4.40. The fraction of sp³-hybridized carbons (Fsp3) is 0.286. The summed E-state index contributed by atoms with van der Waals surface area (Å²) in [5.41, 5.74) is 3.92. The van der Waals surface area contributed by atoms with Crippen molar-refractivity contribution in [3.05, 3.63) is 78.0 Å². The number of benzene rings is 2. The largest absolute Gasteiger partial charge is 0.497 e. The summed E-state index contributed by atoms with van der Waals surface area (Å²) in [5.74, 6) is 2.65. The molecule has 3 heterocycles. The van der Waals surface area contributed by atoms with E-state index in [0.29, 0.717) is 18.3 Å². The zero-order valence-electron chi connectivity index (χ0n) is 20.5. The Labute approximate surface area is 210 Å². The van der Waals surface area contributed by atoms with Crippen LogP contribution in [0.15, 0.2) is 71.4 Å². The Kier molecular flexibility index (Phi) is 6.93. The highest BCUT2D eigenvalue weighted by Gasteiger charge is 2.27. The van der Waals surface area contributed by atoms with Gasteiger partial charge in [0.05, 0.1) is 12.7 Å². The van der Waals surface area contributed by atoms with Gasteiger partial charge < -0.3 is 19.5 Å². The molecule has 1 N–H and O–H groups in total. The highest BCUT2D eigenvalue weighted by Crippen LogP contribution is 2.32. The van der Waals surface area contributed by atoms with Gasteiger partial charge in [-0.3, -0.25) is 4.79 Å². The lowest BCUT2D eigenvalue weighted by Crippen LogP contribution is -2.40. The van der Waals surface area contributed by atoms with Crippen molar-refractivity contribution in [2.45, 2.75) is 26.3 Å². The van der Waals surface area contributed by atoms with Gasteiger partial charge in [-0.25, -0.2) is 4.98 Å². The summed E-state index contributed by atoms with van der Waals surface area (Å²) in [6.07, 6.45) is 3.27. The van der Waals surface area contributed by atoms with Crippen molar-refractivity contribution in [1.29, 1.82) is 0 Å². The van der Waals surface area contributed by atoms with Crippen molar-refractivity contribution in [2.24, 2.45) is 5.92 Å². The molecule has 0 bridgehead atoms. The number of anilines is 1. The van der Waals surface area contributed by atoms with E-state index in [1.807, 2.05) is 67.6 Å². The molecule has 184 valence electrons. The number of pyridine rings is 1. The van der Waals surface area contributed by atoms with E-state index in [1.54, 1.807) is 13.3 Å². The first-order chi connectivity index (χ1) is 17.6. The van der Waals surface area contributed by atoms with E-state index >= 15 is 0 Å². The van der Waals surface area contributed by atoms with E-state index < -0.39 is 0 Å². The van der Waals surface area contributed by atoms with Gasteiger partial charge in [-0.05, 0) is 49.6 Å². The van der Waals surface area contributed by atoms with Crippen molar-refractivity contribution in [2.75, 3.05) is 25.1 Å². The van der Waals surface area contributed by atoms with Crippen LogP contribution in [-0.2, 0) is 11.3 Å². The fourth-order valence-corrected chi connectivity index (χ4v) is 4.40. The first-order valence-electron chi connectivity index (χ1n) is 12.1. The standard InChI is InChI=1S/C28H29N5O3/c1-19-5-9-21(10-6-19)25-31-28(36-32-25)24-4-3-15-29-26(24)33-16-13-22(14-17-33)27(34)30-18-20-7-11-23(35-2)12-8-20/h3-12,15,22H,13-14,16-18H2,1-2H3,(H,30,34). The molecular weight excluding hydrogens is 454 g/mol. The number of carbonyl (C=O) groups is 1. The number of aromatic nitrogens is 3. The number of hydrogen-bond acceptors (Lipinski definition) is 7. The van der Waals surface area contributed by atoms with E-state index in [2.05, 4.69) is 25.3 Å². The maximum atomic E-state index is 12.8. The summed E-state index contributed by atoms with van der Waals surface area (Å²) in [7, 11) is 1.64. The first-order valence-corrected chi connectivity index (χ1v) is 12.1. The number of rotatable bonds is 7. The Hall–Kier alpha value is -4.20. The molecule has 2 aromatic carbocycles. The van der Waals surface area contributed by atoms with Gasteiger partial charge in [0, 0.05) is 37.3 Å². The Morgan fingerprint density at radius 1 is 1.08 bits per heavy atom. The molecule has 1 aliphatic rings. The molecular formula is C28H29N5O3. The summed E-state index contributed by atoms with van der Waals surface area (Å²) >= 11 is 0. The average molecular weight is 484 g/mol. The predicted octanol–water partition coefficient (Wildman–Crippen LogP) is 4.65. The van der Waals surface area contributed by atoms with Crippen LogP contribution >= 0.6 is 0 Å². The number of piperidine rings is 1. The molecule has 8 heteroatoms. The molecule has 0 spiro atoms. The number of hydrogen-bond donors (Lipinski definition) is 1. The molecule has 1 aliphatic heterocycles. The zero-order valence-corrected chi connectivity index (χ0v) is 20.5.